The molecule has 0 aliphatic heterocycles. The van der Waals surface area contributed by atoms with Crippen LogP contribution in [-0.4, -0.2) is 28.9 Å². The van der Waals surface area contributed by atoms with Crippen molar-refractivity contribution in [3.05, 3.63) is 52.2 Å². The van der Waals surface area contributed by atoms with Gasteiger partial charge in [-0.3, -0.25) is 13.5 Å². The topological polar surface area (TPSA) is 58.6 Å². The van der Waals surface area contributed by atoms with Crippen molar-refractivity contribution in [3.63, 3.8) is 0 Å². The molecule has 4 nitrogen and oxygen atoms in total. The number of alkyl halides is 3. The monoisotopic (exact) mass is 421 g/mol. The number of carbonyl (C=O) groups is 1. The van der Waals surface area contributed by atoms with Crippen LogP contribution >= 0.6 is 21.9 Å². The van der Waals surface area contributed by atoms with Gasteiger partial charge >= 0.3 is 6.18 Å². The summed E-state index contributed by atoms with van der Waals surface area (Å²) in [6, 6.07) is 7.93. The average molecular weight is 422 g/mol. The summed E-state index contributed by atoms with van der Waals surface area (Å²) in [7, 11) is -1.91. The molecule has 0 fully saturated rings. The van der Waals surface area contributed by atoms with Gasteiger partial charge in [-0.05, 0) is 56.0 Å². The predicted octanol–water partition coefficient (Wildman–Crippen LogP) is 5.10. The van der Waals surface area contributed by atoms with Gasteiger partial charge in [0.2, 0.25) is 5.91 Å². The Kier molecular flexibility index (Phi) is 6.62. The number of benzene rings is 1. The van der Waals surface area contributed by atoms with E-state index in [-0.39, 0.29) is 4.90 Å². The number of thiophene rings is 1. The van der Waals surface area contributed by atoms with E-state index in [1.165, 1.54) is 21.0 Å². The van der Waals surface area contributed by atoms with E-state index in [2.05, 4.69) is 5.32 Å². The summed E-state index contributed by atoms with van der Waals surface area (Å²) in [6.45, 7) is 3.42. The van der Waals surface area contributed by atoms with Crippen LogP contribution in [0.2, 0.25) is 0 Å². The summed E-state index contributed by atoms with van der Waals surface area (Å²) in [6.07, 6.45) is -3.83. The van der Waals surface area contributed by atoms with E-state index < -0.39 is 33.0 Å². The first kappa shape index (κ1) is 21.7. The summed E-state index contributed by atoms with van der Waals surface area (Å²) in [5.41, 5.74) is -0.831. The minimum Gasteiger partial charge on any atom is -0.354 e. The van der Waals surface area contributed by atoms with Gasteiger partial charge in [0, 0.05) is 11.4 Å². The minimum absolute atomic E-state index is 0.149. The Hall–Kier alpha value is -1.55. The van der Waals surface area contributed by atoms with Crippen LogP contribution < -0.4 is 5.32 Å². The molecule has 1 aromatic carbocycles. The van der Waals surface area contributed by atoms with Crippen LogP contribution in [0.1, 0.15) is 24.3 Å². The minimum atomic E-state index is -4.48. The van der Waals surface area contributed by atoms with E-state index in [9.17, 15) is 22.5 Å². The van der Waals surface area contributed by atoms with E-state index in [0.717, 1.165) is 29.1 Å². The fraction of sp³-hybridized carbons (Fsp3) is 0.389. The van der Waals surface area contributed by atoms with Crippen molar-refractivity contribution in [1.29, 1.82) is 0 Å². The normalized spacial score (nSPS) is 15.8. The van der Waals surface area contributed by atoms with Gasteiger partial charge < -0.3 is 5.32 Å². The van der Waals surface area contributed by atoms with Gasteiger partial charge in [0.25, 0.3) is 0 Å². The molecular weight excluding hydrogens is 399 g/mol. The van der Waals surface area contributed by atoms with Gasteiger partial charge in [-0.2, -0.15) is 23.8 Å². The molecular formula is C18H22F3NO3S2. The van der Waals surface area contributed by atoms with Crippen molar-refractivity contribution in [2.24, 2.45) is 0 Å². The second-order valence-electron chi connectivity index (χ2n) is 6.31. The number of halogens is 3. The zero-order valence-electron chi connectivity index (χ0n) is 15.2. The number of hydrogen-bond donors (Lipinski definition) is 2. The molecule has 1 aromatic heterocycles. The van der Waals surface area contributed by atoms with Gasteiger partial charge in [-0.25, -0.2) is 0 Å². The summed E-state index contributed by atoms with van der Waals surface area (Å²) < 4.78 is 53.3. The number of carbonyl (C=O) groups excluding carboxylic acids is 1. The van der Waals surface area contributed by atoms with E-state index in [0.29, 0.717) is 13.0 Å². The highest BCUT2D eigenvalue weighted by molar-refractivity contribution is 8.26. The smallest absolute Gasteiger partial charge is 0.354 e. The van der Waals surface area contributed by atoms with Crippen LogP contribution in [0.15, 0.2) is 46.7 Å². The van der Waals surface area contributed by atoms with Crippen molar-refractivity contribution in [2.75, 3.05) is 13.7 Å². The van der Waals surface area contributed by atoms with Gasteiger partial charge in [-0.15, -0.1) is 11.3 Å². The van der Waals surface area contributed by atoms with Crippen molar-refractivity contribution in [3.8, 4) is 0 Å². The molecule has 0 bridgehead atoms. The largest absolute Gasteiger partial charge is 0.416 e. The van der Waals surface area contributed by atoms with E-state index in [1.54, 1.807) is 11.3 Å². The third-order valence-electron chi connectivity index (χ3n) is 4.22. The average Bonchev–Trinajstić information content (AvgIpc) is 3.13. The molecule has 1 atom stereocenters. The highest BCUT2D eigenvalue weighted by Gasteiger charge is 2.44. The first-order valence-electron chi connectivity index (χ1n) is 8.11. The molecule has 0 aliphatic carbocycles. The Morgan fingerprint density at radius 2 is 1.85 bits per heavy atom. The van der Waals surface area contributed by atoms with E-state index in [4.69, 9.17) is 4.18 Å². The first-order chi connectivity index (χ1) is 12.5. The molecule has 0 aliphatic rings. The maximum absolute atomic E-state index is 12.8. The van der Waals surface area contributed by atoms with Crippen LogP contribution in [0.25, 0.3) is 0 Å². The van der Waals surface area contributed by atoms with Crippen molar-refractivity contribution in [1.82, 2.24) is 5.32 Å². The lowest BCUT2D eigenvalue weighted by Gasteiger charge is -2.48. The molecule has 1 amide bonds. The van der Waals surface area contributed by atoms with Crippen molar-refractivity contribution in [2.45, 2.75) is 36.1 Å². The third-order valence-corrected chi connectivity index (χ3v) is 8.12. The standard InChI is InChI=1S/C18H22F3NO3S2/c1-17(2,16(23)22-11-10-14-5-4-12-26-14)27(24,25-3)15-8-6-13(7-9-15)18(19,20)21/h4-9,12,24H,10-11H2,1-3H3,(H,22,23). The number of rotatable bonds is 7. The fourth-order valence-corrected chi connectivity index (χ4v) is 5.26. The molecule has 1 unspecified atom stereocenters. The summed E-state index contributed by atoms with van der Waals surface area (Å²) in [4.78, 5) is 14.0. The molecule has 150 valence electrons. The molecule has 9 heteroatoms. The van der Waals surface area contributed by atoms with Crippen LogP contribution in [0.3, 0.4) is 0 Å². The second-order valence-corrected chi connectivity index (χ2v) is 10.2. The third kappa shape index (κ3) is 4.66. The lowest BCUT2D eigenvalue weighted by atomic mass is 10.2. The SMILES string of the molecule is COS(O)(c1ccc(C(F)(F)F)cc1)C(C)(C)C(=O)NCCc1cccs1. The summed E-state index contributed by atoms with van der Waals surface area (Å²) in [5.74, 6) is -0.432. The van der Waals surface area contributed by atoms with Crippen LogP contribution in [-0.2, 0) is 21.6 Å². The van der Waals surface area contributed by atoms with E-state index in [1.807, 2.05) is 17.5 Å². The molecule has 0 radical (unpaired) electrons. The van der Waals surface area contributed by atoms with Crippen molar-refractivity contribution < 1.29 is 26.7 Å². The Morgan fingerprint density at radius 3 is 2.33 bits per heavy atom. The van der Waals surface area contributed by atoms with Crippen molar-refractivity contribution >= 4 is 27.8 Å². The Labute approximate surface area is 162 Å². The molecule has 2 aromatic rings. The van der Waals surface area contributed by atoms with Crippen LogP contribution in [0.4, 0.5) is 13.2 Å². The predicted molar refractivity (Wildman–Crippen MR) is 102 cm³/mol. The molecule has 2 rings (SSSR count). The Morgan fingerprint density at radius 1 is 1.22 bits per heavy atom. The molecule has 0 saturated carbocycles. The van der Waals surface area contributed by atoms with Gasteiger partial charge in [-0.1, -0.05) is 6.07 Å². The molecule has 27 heavy (non-hydrogen) atoms. The Bertz CT molecular complexity index is 761. The summed E-state index contributed by atoms with van der Waals surface area (Å²) >= 11 is 1.58. The van der Waals surface area contributed by atoms with Gasteiger partial charge in [0.15, 0.2) is 0 Å². The lowest BCUT2D eigenvalue weighted by Crippen LogP contribution is -2.46. The molecule has 2 N–H and O–H groups in total. The first-order valence-corrected chi connectivity index (χ1v) is 10.5. The number of amides is 1. The van der Waals surface area contributed by atoms with Crippen LogP contribution in [0.5, 0.6) is 0 Å². The number of nitrogens with one attached hydrogen (secondary N) is 1. The van der Waals surface area contributed by atoms with Crippen LogP contribution in [0, 0.1) is 0 Å². The zero-order valence-corrected chi connectivity index (χ0v) is 16.8. The fourth-order valence-electron chi connectivity index (χ4n) is 2.52. The van der Waals surface area contributed by atoms with Gasteiger partial charge in [0.1, 0.15) is 4.75 Å². The molecule has 1 heterocycles. The summed E-state index contributed by atoms with van der Waals surface area (Å²) in [5, 5.41) is 4.72. The Balaban J connectivity index is 2.17. The highest BCUT2D eigenvalue weighted by Crippen LogP contribution is 2.62. The maximum atomic E-state index is 12.8. The van der Waals surface area contributed by atoms with Gasteiger partial charge in [0.05, 0.1) is 17.6 Å². The molecule has 0 saturated heterocycles. The molecule has 0 spiro atoms. The highest BCUT2D eigenvalue weighted by atomic mass is 32.3. The maximum Gasteiger partial charge on any atom is 0.416 e. The van der Waals surface area contributed by atoms with E-state index >= 15 is 0 Å². The second kappa shape index (κ2) is 8.22. The zero-order chi connectivity index (χ0) is 20.3. The quantitative estimate of drug-likeness (QED) is 0.654. The number of hydrogen-bond acceptors (Lipinski definition) is 4. The lowest BCUT2D eigenvalue weighted by molar-refractivity contribution is -0.137.